The molecule has 18 heavy (non-hydrogen) atoms. The second-order valence-electron chi connectivity index (χ2n) is 3.66. The fourth-order valence-electron chi connectivity index (χ4n) is 1.59. The zero-order valence-corrected chi connectivity index (χ0v) is 10.5. The average molecular weight is 285 g/mol. The Kier molecular flexibility index (Phi) is 3.55. The average Bonchev–Trinajstić information content (AvgIpc) is 2.27. The molecule has 0 heterocycles. The molecule has 0 bridgehead atoms. The summed E-state index contributed by atoms with van der Waals surface area (Å²) in [5, 5.41) is 9.47. The van der Waals surface area contributed by atoms with E-state index in [1.807, 2.05) is 0 Å². The van der Waals surface area contributed by atoms with Gasteiger partial charge in [0.15, 0.2) is 0 Å². The Hall–Kier alpha value is -1.58. The lowest BCUT2D eigenvalue weighted by atomic mass is 10.0. The molecule has 0 saturated heterocycles. The van der Waals surface area contributed by atoms with Crippen molar-refractivity contribution < 1.29 is 14.3 Å². The van der Waals surface area contributed by atoms with E-state index in [0.29, 0.717) is 16.1 Å². The lowest BCUT2D eigenvalue weighted by molar-refractivity contribution is 0.0697. The number of aromatic carboxylic acids is 1. The molecule has 2 rings (SSSR count). The lowest BCUT2D eigenvalue weighted by Gasteiger charge is -2.07. The lowest BCUT2D eigenvalue weighted by Crippen LogP contribution is -1.96. The molecule has 0 radical (unpaired) electrons. The molecule has 0 atom stereocenters. The Morgan fingerprint density at radius 2 is 1.83 bits per heavy atom. The molecule has 2 nitrogen and oxygen atoms in total. The topological polar surface area (TPSA) is 37.3 Å². The molecule has 0 aromatic heterocycles. The Bertz CT molecular complexity index is 606. The SMILES string of the molecule is O=C(O)c1ccc(Cl)c(-c2cc(F)cc(Cl)c2)c1. The largest absolute Gasteiger partial charge is 0.478 e. The van der Waals surface area contributed by atoms with Gasteiger partial charge in [-0.15, -0.1) is 0 Å². The molecule has 0 amide bonds. The predicted octanol–water partition coefficient (Wildman–Crippen LogP) is 4.50. The van der Waals surface area contributed by atoms with Crippen LogP contribution in [0.25, 0.3) is 11.1 Å². The first-order chi connectivity index (χ1) is 8.47. The second-order valence-corrected chi connectivity index (χ2v) is 4.50. The van der Waals surface area contributed by atoms with Gasteiger partial charge in [-0.1, -0.05) is 23.2 Å². The number of carboxylic acid groups (broad SMARTS) is 1. The van der Waals surface area contributed by atoms with Crippen LogP contribution in [0.3, 0.4) is 0 Å². The van der Waals surface area contributed by atoms with Crippen molar-refractivity contribution >= 4 is 29.2 Å². The highest BCUT2D eigenvalue weighted by Crippen LogP contribution is 2.31. The monoisotopic (exact) mass is 284 g/mol. The highest BCUT2D eigenvalue weighted by atomic mass is 35.5. The van der Waals surface area contributed by atoms with Crippen LogP contribution in [-0.4, -0.2) is 11.1 Å². The van der Waals surface area contributed by atoms with Gasteiger partial charge < -0.3 is 5.11 Å². The van der Waals surface area contributed by atoms with Crippen molar-refractivity contribution in [1.82, 2.24) is 0 Å². The maximum Gasteiger partial charge on any atom is 0.335 e. The first-order valence-electron chi connectivity index (χ1n) is 4.96. The number of rotatable bonds is 2. The molecule has 0 unspecified atom stereocenters. The molecule has 0 aliphatic heterocycles. The minimum atomic E-state index is -1.07. The van der Waals surface area contributed by atoms with Crippen molar-refractivity contribution in [3.63, 3.8) is 0 Å². The van der Waals surface area contributed by atoms with Crippen molar-refractivity contribution in [2.24, 2.45) is 0 Å². The Labute approximate surface area is 113 Å². The zero-order chi connectivity index (χ0) is 13.3. The molecule has 0 saturated carbocycles. The summed E-state index contributed by atoms with van der Waals surface area (Å²) in [5.41, 5.74) is 0.945. The molecule has 0 aliphatic rings. The molecular formula is C13H7Cl2FO2. The number of halogens is 3. The molecule has 5 heteroatoms. The van der Waals surface area contributed by atoms with Crippen LogP contribution < -0.4 is 0 Å². The molecule has 0 fully saturated rings. The number of carbonyl (C=O) groups is 1. The van der Waals surface area contributed by atoms with Gasteiger partial charge in [0.2, 0.25) is 0 Å². The highest BCUT2D eigenvalue weighted by Gasteiger charge is 2.10. The van der Waals surface area contributed by atoms with E-state index in [9.17, 15) is 9.18 Å². The van der Waals surface area contributed by atoms with Gasteiger partial charge in [0, 0.05) is 15.6 Å². The number of hydrogen-bond acceptors (Lipinski definition) is 1. The Morgan fingerprint density at radius 3 is 2.44 bits per heavy atom. The van der Waals surface area contributed by atoms with Crippen molar-refractivity contribution in [2.75, 3.05) is 0 Å². The minimum absolute atomic E-state index is 0.0785. The van der Waals surface area contributed by atoms with Gasteiger partial charge in [0.05, 0.1) is 5.56 Å². The molecule has 92 valence electrons. The molecule has 0 aliphatic carbocycles. The van der Waals surface area contributed by atoms with Crippen molar-refractivity contribution in [1.29, 1.82) is 0 Å². The standard InChI is InChI=1S/C13H7Cl2FO2/c14-9-3-8(4-10(16)6-9)11-5-7(13(17)18)1-2-12(11)15/h1-6H,(H,17,18). The smallest absolute Gasteiger partial charge is 0.335 e. The summed E-state index contributed by atoms with van der Waals surface area (Å²) in [5.74, 6) is -1.58. The van der Waals surface area contributed by atoms with Crippen LogP contribution in [0, 0.1) is 5.82 Å². The fourth-order valence-corrected chi connectivity index (χ4v) is 2.04. The van der Waals surface area contributed by atoms with Gasteiger partial charge in [0.1, 0.15) is 5.82 Å². The summed E-state index contributed by atoms with van der Waals surface area (Å²) in [7, 11) is 0. The third-order valence-corrected chi connectivity index (χ3v) is 2.93. The maximum absolute atomic E-state index is 13.3. The van der Waals surface area contributed by atoms with Crippen LogP contribution in [-0.2, 0) is 0 Å². The predicted molar refractivity (Wildman–Crippen MR) is 68.8 cm³/mol. The minimum Gasteiger partial charge on any atom is -0.478 e. The van der Waals surface area contributed by atoms with Crippen LogP contribution >= 0.6 is 23.2 Å². The fraction of sp³-hybridized carbons (Fsp3) is 0. The summed E-state index contributed by atoms with van der Waals surface area (Å²) >= 11 is 11.7. The van der Waals surface area contributed by atoms with Gasteiger partial charge >= 0.3 is 5.97 Å². The van der Waals surface area contributed by atoms with Crippen LogP contribution in [0.5, 0.6) is 0 Å². The van der Waals surface area contributed by atoms with E-state index in [-0.39, 0.29) is 10.6 Å². The van der Waals surface area contributed by atoms with Crippen LogP contribution in [0.15, 0.2) is 36.4 Å². The molecule has 1 N–H and O–H groups in total. The number of benzene rings is 2. The summed E-state index contributed by atoms with van der Waals surface area (Å²) in [6, 6.07) is 8.17. The van der Waals surface area contributed by atoms with E-state index < -0.39 is 11.8 Å². The highest BCUT2D eigenvalue weighted by molar-refractivity contribution is 6.34. The molecule has 2 aromatic carbocycles. The Morgan fingerprint density at radius 1 is 1.11 bits per heavy atom. The third kappa shape index (κ3) is 2.63. The number of hydrogen-bond donors (Lipinski definition) is 1. The second kappa shape index (κ2) is 4.96. The zero-order valence-electron chi connectivity index (χ0n) is 8.95. The Balaban J connectivity index is 2.62. The van der Waals surface area contributed by atoms with Crippen LogP contribution in [0.1, 0.15) is 10.4 Å². The van der Waals surface area contributed by atoms with Crippen molar-refractivity contribution in [3.05, 3.63) is 57.8 Å². The quantitative estimate of drug-likeness (QED) is 0.882. The van der Waals surface area contributed by atoms with E-state index in [0.717, 1.165) is 0 Å². The normalized spacial score (nSPS) is 10.4. The molecular weight excluding hydrogens is 278 g/mol. The van der Waals surface area contributed by atoms with Gasteiger partial charge in [-0.3, -0.25) is 0 Å². The van der Waals surface area contributed by atoms with E-state index >= 15 is 0 Å². The van der Waals surface area contributed by atoms with E-state index in [1.165, 1.54) is 36.4 Å². The summed E-state index contributed by atoms with van der Waals surface area (Å²) < 4.78 is 13.3. The summed E-state index contributed by atoms with van der Waals surface area (Å²) in [6.07, 6.45) is 0. The van der Waals surface area contributed by atoms with E-state index in [1.54, 1.807) is 0 Å². The number of carboxylic acids is 1. The van der Waals surface area contributed by atoms with Gasteiger partial charge in [-0.05, 0) is 42.0 Å². The summed E-state index contributed by atoms with van der Waals surface area (Å²) in [4.78, 5) is 10.9. The van der Waals surface area contributed by atoms with Gasteiger partial charge in [-0.2, -0.15) is 0 Å². The third-order valence-electron chi connectivity index (χ3n) is 2.39. The maximum atomic E-state index is 13.3. The summed E-state index contributed by atoms with van der Waals surface area (Å²) in [6.45, 7) is 0. The van der Waals surface area contributed by atoms with Crippen LogP contribution in [0.4, 0.5) is 4.39 Å². The van der Waals surface area contributed by atoms with Crippen LogP contribution in [0.2, 0.25) is 10.0 Å². The van der Waals surface area contributed by atoms with Crippen molar-refractivity contribution in [2.45, 2.75) is 0 Å². The van der Waals surface area contributed by atoms with Crippen molar-refractivity contribution in [3.8, 4) is 11.1 Å². The molecule has 0 spiro atoms. The van der Waals surface area contributed by atoms with Gasteiger partial charge in [-0.25, -0.2) is 9.18 Å². The first kappa shape index (κ1) is 12.9. The van der Waals surface area contributed by atoms with Gasteiger partial charge in [0.25, 0.3) is 0 Å². The van der Waals surface area contributed by atoms with E-state index in [2.05, 4.69) is 0 Å². The molecule has 2 aromatic rings. The first-order valence-corrected chi connectivity index (χ1v) is 5.72. The van der Waals surface area contributed by atoms with E-state index in [4.69, 9.17) is 28.3 Å².